The molecule has 0 atom stereocenters. The highest BCUT2D eigenvalue weighted by molar-refractivity contribution is 9.10. The Kier molecular flexibility index (Phi) is 5.43. The van der Waals surface area contributed by atoms with Crippen molar-refractivity contribution in [3.8, 4) is 0 Å². The van der Waals surface area contributed by atoms with Crippen molar-refractivity contribution in [1.29, 1.82) is 0 Å². The van der Waals surface area contributed by atoms with Crippen LogP contribution in [0.5, 0.6) is 0 Å². The molecule has 0 spiro atoms. The first-order valence-electron chi connectivity index (χ1n) is 5.36. The molecule has 1 rings (SSSR count). The summed E-state index contributed by atoms with van der Waals surface area (Å²) in [5.41, 5.74) is -2.71. The molecule has 0 saturated carbocycles. The fourth-order valence-electron chi connectivity index (χ4n) is 1.47. The number of carbonyl (C=O) groups excluding carboxylic acids is 1. The van der Waals surface area contributed by atoms with Crippen molar-refractivity contribution in [2.45, 2.75) is 25.9 Å². The van der Waals surface area contributed by atoms with E-state index in [0.717, 1.165) is 0 Å². The lowest BCUT2D eigenvalue weighted by Gasteiger charge is -2.15. The lowest BCUT2D eigenvalue weighted by atomic mass is 10.1. The van der Waals surface area contributed by atoms with Gasteiger partial charge in [-0.2, -0.15) is 13.2 Å². The van der Waals surface area contributed by atoms with Crippen molar-refractivity contribution < 1.29 is 31.5 Å². The predicted octanol–water partition coefficient (Wildman–Crippen LogP) is 3.91. The number of nitrogens with zero attached hydrogens (tertiary/aromatic N) is 1. The van der Waals surface area contributed by atoms with Crippen molar-refractivity contribution in [2.24, 2.45) is 0 Å². The second-order valence-corrected chi connectivity index (χ2v) is 4.42. The van der Waals surface area contributed by atoms with E-state index in [9.17, 15) is 26.7 Å². The van der Waals surface area contributed by atoms with Gasteiger partial charge in [0.2, 0.25) is 0 Å². The number of alkyl halides is 5. The summed E-state index contributed by atoms with van der Waals surface area (Å²) in [6.07, 6.45) is -8.35. The number of halogens is 6. The summed E-state index contributed by atoms with van der Waals surface area (Å²) < 4.78 is 67.7. The summed E-state index contributed by atoms with van der Waals surface area (Å²) in [5, 5.41) is 0. The monoisotopic (exact) mass is 361 g/mol. The fraction of sp³-hybridized carbons (Fsp3) is 0.455. The number of hydrogen-bond acceptors (Lipinski definition) is 3. The molecule has 1 aromatic rings. The average Bonchev–Trinajstić information content (AvgIpc) is 2.29. The molecule has 0 saturated heterocycles. The van der Waals surface area contributed by atoms with Gasteiger partial charge in [-0.25, -0.2) is 8.78 Å². The van der Waals surface area contributed by atoms with Crippen LogP contribution in [0.4, 0.5) is 22.0 Å². The van der Waals surface area contributed by atoms with Crippen molar-refractivity contribution >= 4 is 21.9 Å². The van der Waals surface area contributed by atoms with E-state index >= 15 is 0 Å². The second kappa shape index (κ2) is 6.47. The maximum atomic E-state index is 12.8. The number of rotatable bonds is 4. The summed E-state index contributed by atoms with van der Waals surface area (Å²) in [6, 6.07) is 0. The van der Waals surface area contributed by atoms with Crippen LogP contribution in [-0.4, -0.2) is 17.6 Å². The largest absolute Gasteiger partial charge is 0.466 e. The van der Waals surface area contributed by atoms with Crippen LogP contribution in [0.15, 0.2) is 10.7 Å². The summed E-state index contributed by atoms with van der Waals surface area (Å²) in [7, 11) is 0. The lowest BCUT2D eigenvalue weighted by Crippen LogP contribution is -2.16. The van der Waals surface area contributed by atoms with Gasteiger partial charge in [-0.3, -0.25) is 9.78 Å². The first kappa shape index (κ1) is 16.8. The molecule has 1 aromatic heterocycles. The van der Waals surface area contributed by atoms with Gasteiger partial charge in [0.25, 0.3) is 6.43 Å². The molecule has 0 aliphatic carbocycles. The second-order valence-electron chi connectivity index (χ2n) is 3.63. The number of pyridine rings is 1. The van der Waals surface area contributed by atoms with E-state index < -0.39 is 46.3 Å². The van der Waals surface area contributed by atoms with E-state index in [-0.39, 0.29) is 6.61 Å². The van der Waals surface area contributed by atoms with Gasteiger partial charge in [0.1, 0.15) is 5.69 Å². The van der Waals surface area contributed by atoms with E-state index in [1.54, 1.807) is 0 Å². The minimum atomic E-state index is -4.81. The Morgan fingerprint density at radius 3 is 2.50 bits per heavy atom. The molecule has 20 heavy (non-hydrogen) atoms. The molecule has 0 N–H and O–H groups in total. The highest BCUT2D eigenvalue weighted by Gasteiger charge is 2.36. The van der Waals surface area contributed by atoms with Gasteiger partial charge in [0.15, 0.2) is 0 Å². The molecular formula is C11H9BrF5NO2. The number of carbonyl (C=O) groups is 1. The van der Waals surface area contributed by atoms with E-state index in [1.165, 1.54) is 6.92 Å². The van der Waals surface area contributed by atoms with Gasteiger partial charge in [-0.05, 0) is 28.4 Å². The normalized spacial score (nSPS) is 11.8. The van der Waals surface area contributed by atoms with Crippen molar-refractivity contribution in [3.05, 3.63) is 27.5 Å². The highest BCUT2D eigenvalue weighted by Crippen LogP contribution is 2.38. The van der Waals surface area contributed by atoms with Crippen molar-refractivity contribution in [2.75, 3.05) is 6.61 Å². The molecule has 3 nitrogen and oxygen atoms in total. The Morgan fingerprint density at radius 1 is 1.45 bits per heavy atom. The Balaban J connectivity index is 3.34. The Bertz CT molecular complexity index is 504. The van der Waals surface area contributed by atoms with Crippen LogP contribution in [0, 0.1) is 0 Å². The van der Waals surface area contributed by atoms with Gasteiger partial charge < -0.3 is 4.74 Å². The van der Waals surface area contributed by atoms with Crippen LogP contribution in [0.3, 0.4) is 0 Å². The van der Waals surface area contributed by atoms with Gasteiger partial charge in [0.05, 0.1) is 18.6 Å². The molecule has 112 valence electrons. The lowest BCUT2D eigenvalue weighted by molar-refractivity contribution is -0.143. The standard InChI is InChI=1S/C11H9BrF5NO2/c1-2-20-7(19)3-5-6(11(15,16)17)4-18-9(8(5)12)10(13)14/h4,10H,2-3H2,1H3. The minimum Gasteiger partial charge on any atom is -0.466 e. The topological polar surface area (TPSA) is 39.2 Å². The Hall–Kier alpha value is -1.25. The first-order chi connectivity index (χ1) is 9.18. The van der Waals surface area contributed by atoms with E-state index in [0.29, 0.717) is 6.20 Å². The van der Waals surface area contributed by atoms with E-state index in [2.05, 4.69) is 25.7 Å². The SMILES string of the molecule is CCOC(=O)Cc1c(C(F)(F)F)cnc(C(F)F)c1Br. The van der Waals surface area contributed by atoms with Crippen LogP contribution >= 0.6 is 15.9 Å². The zero-order chi connectivity index (χ0) is 15.5. The van der Waals surface area contributed by atoms with E-state index in [1.807, 2.05) is 0 Å². The molecule has 0 aromatic carbocycles. The first-order valence-corrected chi connectivity index (χ1v) is 6.16. The molecule has 0 unspecified atom stereocenters. The zero-order valence-corrected chi connectivity index (χ0v) is 11.7. The number of esters is 1. The van der Waals surface area contributed by atoms with E-state index in [4.69, 9.17) is 0 Å². The van der Waals surface area contributed by atoms with Crippen LogP contribution in [0.25, 0.3) is 0 Å². The summed E-state index contributed by atoms with van der Waals surface area (Å²) in [6.45, 7) is 1.46. The van der Waals surface area contributed by atoms with Crippen LogP contribution < -0.4 is 0 Å². The Morgan fingerprint density at radius 2 is 2.05 bits per heavy atom. The van der Waals surface area contributed by atoms with Crippen LogP contribution in [-0.2, 0) is 22.1 Å². The third-order valence-electron chi connectivity index (χ3n) is 2.29. The average molecular weight is 362 g/mol. The number of ether oxygens (including phenoxy) is 1. The van der Waals surface area contributed by atoms with Crippen LogP contribution in [0.2, 0.25) is 0 Å². The zero-order valence-electron chi connectivity index (χ0n) is 10.1. The van der Waals surface area contributed by atoms with Gasteiger partial charge in [-0.15, -0.1) is 0 Å². The fourth-order valence-corrected chi connectivity index (χ4v) is 2.10. The maximum Gasteiger partial charge on any atom is 0.418 e. The quantitative estimate of drug-likeness (QED) is 0.602. The molecular weight excluding hydrogens is 353 g/mol. The molecule has 0 aliphatic rings. The predicted molar refractivity (Wildman–Crippen MR) is 62.2 cm³/mol. The molecule has 0 amide bonds. The maximum absolute atomic E-state index is 12.8. The third kappa shape index (κ3) is 3.87. The van der Waals surface area contributed by atoms with Gasteiger partial charge in [0, 0.05) is 10.7 Å². The molecule has 0 fully saturated rings. The number of aromatic nitrogens is 1. The Labute approximate surface area is 119 Å². The molecule has 0 bridgehead atoms. The third-order valence-corrected chi connectivity index (χ3v) is 3.17. The molecule has 1 heterocycles. The molecule has 0 radical (unpaired) electrons. The smallest absolute Gasteiger partial charge is 0.418 e. The molecule has 0 aliphatic heterocycles. The van der Waals surface area contributed by atoms with Crippen LogP contribution in [0.1, 0.15) is 30.2 Å². The van der Waals surface area contributed by atoms with Crippen molar-refractivity contribution in [1.82, 2.24) is 4.98 Å². The summed E-state index contributed by atoms with van der Waals surface area (Å²) >= 11 is 2.65. The minimum absolute atomic E-state index is 0.0232. The van der Waals surface area contributed by atoms with Gasteiger partial charge in [-0.1, -0.05) is 0 Å². The van der Waals surface area contributed by atoms with Gasteiger partial charge >= 0.3 is 12.1 Å². The van der Waals surface area contributed by atoms with Crippen molar-refractivity contribution in [3.63, 3.8) is 0 Å². The number of hydrogen-bond donors (Lipinski definition) is 0. The summed E-state index contributed by atoms with van der Waals surface area (Å²) in [4.78, 5) is 14.4. The summed E-state index contributed by atoms with van der Waals surface area (Å²) in [5.74, 6) is -0.940. The molecule has 9 heteroatoms. The highest BCUT2D eigenvalue weighted by atomic mass is 79.9.